The molecule has 0 fully saturated rings. The predicted octanol–water partition coefficient (Wildman–Crippen LogP) is -0.330. The Balaban J connectivity index is 0.00000144. The third-order valence-corrected chi connectivity index (χ3v) is 5.47. The zero-order valence-corrected chi connectivity index (χ0v) is 11.8. The van der Waals surface area contributed by atoms with Crippen LogP contribution in [0.15, 0.2) is 60.7 Å². The summed E-state index contributed by atoms with van der Waals surface area (Å²) in [5.74, 6) is 0.829. The molecule has 0 radical (unpaired) electrons. The van der Waals surface area contributed by atoms with Gasteiger partial charge in [0.25, 0.3) is 0 Å². The van der Waals surface area contributed by atoms with E-state index >= 15 is 0 Å². The number of benzene rings is 2. The normalized spacial score (nSPS) is 10.0. The number of rotatable bonds is 4. The van der Waals surface area contributed by atoms with Crippen molar-refractivity contribution < 1.29 is 18.9 Å². The van der Waals surface area contributed by atoms with E-state index in [1.165, 1.54) is 10.6 Å². The molecule has 0 saturated carbocycles. The maximum absolute atomic E-state index is 5.14. The molecule has 0 heterocycles. The van der Waals surface area contributed by atoms with Gasteiger partial charge in [-0.1, -0.05) is 60.7 Å². The predicted molar refractivity (Wildman–Crippen MR) is 76.2 cm³/mol. The van der Waals surface area contributed by atoms with Crippen molar-refractivity contribution in [2.24, 2.45) is 0 Å². The van der Waals surface area contributed by atoms with E-state index in [4.69, 9.17) is 12.6 Å². The Hall–Kier alpha value is -0.183. The smallest absolute Gasteiger partial charge is 0.792 e. The van der Waals surface area contributed by atoms with Crippen molar-refractivity contribution in [1.29, 1.82) is 0 Å². The summed E-state index contributed by atoms with van der Waals surface area (Å²) in [7, 11) is -0.255. The maximum atomic E-state index is 5.14. The van der Waals surface area contributed by atoms with Crippen molar-refractivity contribution >= 4 is 31.2 Å². The van der Waals surface area contributed by atoms with E-state index in [2.05, 4.69) is 60.7 Å². The van der Waals surface area contributed by atoms with Crippen molar-refractivity contribution in [3.05, 3.63) is 60.7 Å². The summed E-state index contributed by atoms with van der Waals surface area (Å²) in [5, 5.41) is 2.85. The van der Waals surface area contributed by atoms with Crippen molar-refractivity contribution in [2.75, 3.05) is 11.9 Å². The van der Waals surface area contributed by atoms with Gasteiger partial charge in [0.15, 0.2) is 0 Å². The van der Waals surface area contributed by atoms with Gasteiger partial charge in [0.1, 0.15) is 0 Å². The first-order valence-electron chi connectivity index (χ1n) is 5.37. The SMILES string of the molecule is [Li+].[S-]CCP(c1ccccc1)c1ccccc1. The van der Waals surface area contributed by atoms with Gasteiger partial charge in [0.2, 0.25) is 0 Å². The Morgan fingerprint density at radius 3 is 1.53 bits per heavy atom. The van der Waals surface area contributed by atoms with Gasteiger partial charge in [-0.05, 0) is 24.7 Å². The quantitative estimate of drug-likeness (QED) is 0.408. The molecule has 0 bridgehead atoms. The van der Waals surface area contributed by atoms with Crippen LogP contribution in [-0.2, 0) is 12.6 Å². The third kappa shape index (κ3) is 4.20. The number of hydrogen-bond donors (Lipinski definition) is 0. The van der Waals surface area contributed by atoms with Crippen LogP contribution in [0.3, 0.4) is 0 Å². The molecule has 0 unspecified atom stereocenters. The molecule has 0 aliphatic heterocycles. The van der Waals surface area contributed by atoms with Crippen molar-refractivity contribution in [1.82, 2.24) is 0 Å². The van der Waals surface area contributed by atoms with E-state index in [0.717, 1.165) is 11.9 Å². The van der Waals surface area contributed by atoms with Crippen molar-refractivity contribution in [2.45, 2.75) is 0 Å². The zero-order valence-electron chi connectivity index (χ0n) is 10.0. The van der Waals surface area contributed by atoms with E-state index in [0.29, 0.717) is 0 Å². The molecule has 0 nitrogen and oxygen atoms in total. The molecule has 0 N–H and O–H groups in total. The van der Waals surface area contributed by atoms with Crippen LogP contribution < -0.4 is 29.5 Å². The van der Waals surface area contributed by atoms with Gasteiger partial charge in [-0.25, -0.2) is 0 Å². The molecular weight excluding hydrogens is 238 g/mol. The van der Waals surface area contributed by atoms with E-state index in [1.54, 1.807) is 0 Å². The zero-order chi connectivity index (χ0) is 11.2. The third-order valence-electron chi connectivity index (χ3n) is 2.45. The first-order chi connectivity index (χ1) is 7.92. The minimum atomic E-state index is -0.255. The van der Waals surface area contributed by atoms with Gasteiger partial charge >= 0.3 is 18.9 Å². The summed E-state index contributed by atoms with van der Waals surface area (Å²) in [4.78, 5) is 0. The molecule has 0 aliphatic rings. The summed E-state index contributed by atoms with van der Waals surface area (Å²) < 4.78 is 0. The molecular formula is C14H14LiPS. The van der Waals surface area contributed by atoms with Crippen LogP contribution in [0.25, 0.3) is 0 Å². The summed E-state index contributed by atoms with van der Waals surface area (Å²) in [6.45, 7) is 0. The van der Waals surface area contributed by atoms with Crippen LogP contribution in [0.1, 0.15) is 0 Å². The van der Waals surface area contributed by atoms with Gasteiger partial charge in [0.05, 0.1) is 0 Å². The Morgan fingerprint density at radius 1 is 0.765 bits per heavy atom. The van der Waals surface area contributed by atoms with E-state index in [-0.39, 0.29) is 26.8 Å². The number of hydrogen-bond acceptors (Lipinski definition) is 1. The Morgan fingerprint density at radius 2 is 1.18 bits per heavy atom. The van der Waals surface area contributed by atoms with E-state index < -0.39 is 0 Å². The average Bonchev–Trinajstić information content (AvgIpc) is 2.38. The standard InChI is InChI=1S/C14H15PS.Li/c16-12-11-15(13-7-3-1-4-8-13)14-9-5-2-6-10-14;/h1-10,16H,11-12H2;/q;+1/p-1. The second-order valence-corrected chi connectivity index (χ2v) is 6.27. The molecule has 2 rings (SSSR count). The van der Waals surface area contributed by atoms with Gasteiger partial charge < -0.3 is 12.6 Å². The summed E-state index contributed by atoms with van der Waals surface area (Å²) in [5.41, 5.74) is 0. The molecule has 17 heavy (non-hydrogen) atoms. The maximum Gasteiger partial charge on any atom is 1.00 e. The molecule has 3 heteroatoms. The molecule has 2 aromatic rings. The second-order valence-electron chi connectivity index (χ2n) is 3.53. The topological polar surface area (TPSA) is 0 Å². The van der Waals surface area contributed by atoms with Gasteiger partial charge in [-0.3, -0.25) is 0 Å². The summed E-state index contributed by atoms with van der Waals surface area (Å²) in [6, 6.07) is 21.4. The van der Waals surface area contributed by atoms with Gasteiger partial charge in [-0.15, -0.1) is 0 Å². The molecule has 0 aromatic heterocycles. The fourth-order valence-corrected chi connectivity index (χ4v) is 4.32. The Kier molecular flexibility index (Phi) is 7.01. The van der Waals surface area contributed by atoms with Crippen LogP contribution in [-0.4, -0.2) is 11.9 Å². The van der Waals surface area contributed by atoms with E-state index in [9.17, 15) is 0 Å². The first kappa shape index (κ1) is 14.9. The van der Waals surface area contributed by atoms with Crippen LogP contribution in [0, 0.1) is 0 Å². The van der Waals surface area contributed by atoms with Crippen LogP contribution in [0.5, 0.6) is 0 Å². The fraction of sp³-hybridized carbons (Fsp3) is 0.143. The Labute approximate surface area is 122 Å². The van der Waals surface area contributed by atoms with E-state index in [1.807, 2.05) is 0 Å². The molecule has 0 aliphatic carbocycles. The molecule has 0 atom stereocenters. The second kappa shape index (κ2) is 8.01. The minimum Gasteiger partial charge on any atom is -0.792 e. The first-order valence-corrected chi connectivity index (χ1v) is 7.48. The van der Waals surface area contributed by atoms with Crippen LogP contribution in [0.4, 0.5) is 0 Å². The molecule has 82 valence electrons. The molecule has 0 spiro atoms. The summed E-state index contributed by atoms with van der Waals surface area (Å²) >= 11 is 5.14. The van der Waals surface area contributed by atoms with Crippen molar-refractivity contribution in [3.8, 4) is 0 Å². The van der Waals surface area contributed by atoms with Crippen LogP contribution in [0.2, 0.25) is 0 Å². The monoisotopic (exact) mass is 252 g/mol. The molecule has 0 amide bonds. The van der Waals surface area contributed by atoms with Crippen molar-refractivity contribution in [3.63, 3.8) is 0 Å². The minimum absolute atomic E-state index is 0. The fourth-order valence-electron chi connectivity index (χ4n) is 1.71. The van der Waals surface area contributed by atoms with Crippen LogP contribution >= 0.6 is 7.92 Å². The molecule has 0 saturated heterocycles. The summed E-state index contributed by atoms with van der Waals surface area (Å²) in [6.07, 6.45) is 1.10. The molecule has 2 aromatic carbocycles. The van der Waals surface area contributed by atoms with Gasteiger partial charge in [-0.2, -0.15) is 5.75 Å². The van der Waals surface area contributed by atoms with Gasteiger partial charge in [0, 0.05) is 0 Å². The largest absolute Gasteiger partial charge is 1.00 e. The Bertz CT molecular complexity index is 379. The average molecular weight is 252 g/mol.